The van der Waals surface area contributed by atoms with Crippen LogP contribution in [-0.2, 0) is 4.79 Å². The molecule has 37 heavy (non-hydrogen) atoms. The number of oxime groups is 1. The molecule has 1 amide bonds. The first-order valence-corrected chi connectivity index (χ1v) is 12.6. The van der Waals surface area contributed by atoms with Crippen LogP contribution in [0.15, 0.2) is 78.2 Å². The highest BCUT2D eigenvalue weighted by Gasteiger charge is 2.23. The van der Waals surface area contributed by atoms with E-state index in [1.807, 2.05) is 72.5 Å². The highest BCUT2D eigenvalue weighted by molar-refractivity contribution is 7.15. The lowest BCUT2D eigenvalue weighted by atomic mass is 10.0. The molecule has 3 heterocycles. The summed E-state index contributed by atoms with van der Waals surface area (Å²) in [5.74, 6) is -0.409. The average molecular weight is 517 g/mol. The van der Waals surface area contributed by atoms with Crippen LogP contribution in [0.2, 0.25) is 0 Å². The summed E-state index contributed by atoms with van der Waals surface area (Å²) in [4.78, 5) is 27.1. The number of rotatable bonds is 6. The van der Waals surface area contributed by atoms with E-state index in [9.17, 15) is 14.4 Å². The van der Waals surface area contributed by atoms with Gasteiger partial charge < -0.3 is 20.3 Å². The van der Waals surface area contributed by atoms with Gasteiger partial charge in [-0.15, -0.1) is 11.3 Å². The lowest BCUT2D eigenvalue weighted by molar-refractivity contribution is -0.110. The van der Waals surface area contributed by atoms with Crippen LogP contribution in [-0.4, -0.2) is 53.0 Å². The normalized spacial score (nSPS) is 14.1. The summed E-state index contributed by atoms with van der Waals surface area (Å²) in [6.07, 6.45) is 2.35. The minimum absolute atomic E-state index is 0.0276. The standard InChI is InChI=1S/C27H25FN6O2S/c1-18-15-23(19-5-3-2-4-6-19)25(37-18)24(32-36)26(35)31-21-7-9-22(10-8-21)33-11-13-34(14-12-33)27-29-16-20(28)17-30-27/h2-10,15-17,36H,11-14H2,1H3,(H,31,35). The maximum absolute atomic E-state index is 13.1. The fourth-order valence-electron chi connectivity index (χ4n) is 4.30. The zero-order valence-electron chi connectivity index (χ0n) is 20.1. The SMILES string of the molecule is Cc1cc(-c2ccccc2)c(C(=NO)C(=O)Nc2ccc(N3CCN(c4ncc(F)cn4)CC3)cc2)s1. The number of carbonyl (C=O) groups excluding carboxylic acids is 1. The van der Waals surface area contributed by atoms with Crippen LogP contribution in [0.4, 0.5) is 21.7 Å². The zero-order chi connectivity index (χ0) is 25.8. The molecule has 2 aromatic heterocycles. The van der Waals surface area contributed by atoms with Crippen LogP contribution in [0.25, 0.3) is 11.1 Å². The summed E-state index contributed by atoms with van der Waals surface area (Å²) in [6, 6.07) is 19.3. The van der Waals surface area contributed by atoms with Crippen LogP contribution in [0.1, 0.15) is 9.75 Å². The van der Waals surface area contributed by atoms with E-state index in [0.29, 0.717) is 29.6 Å². The molecule has 0 unspecified atom stereocenters. The number of benzene rings is 2. The fourth-order valence-corrected chi connectivity index (χ4v) is 5.31. The number of carbonyl (C=O) groups is 1. The first-order valence-electron chi connectivity index (χ1n) is 11.8. The molecule has 5 rings (SSSR count). The van der Waals surface area contributed by atoms with E-state index in [0.717, 1.165) is 34.8 Å². The van der Waals surface area contributed by atoms with Crippen LogP contribution < -0.4 is 15.1 Å². The van der Waals surface area contributed by atoms with Gasteiger partial charge >= 0.3 is 0 Å². The van der Waals surface area contributed by atoms with Gasteiger partial charge in [0.2, 0.25) is 5.95 Å². The third-order valence-corrected chi connectivity index (χ3v) is 7.19. The monoisotopic (exact) mass is 516 g/mol. The molecule has 4 aromatic rings. The number of aromatic nitrogens is 2. The Morgan fingerprint density at radius 3 is 2.30 bits per heavy atom. The molecule has 0 saturated carbocycles. The highest BCUT2D eigenvalue weighted by Crippen LogP contribution is 2.32. The molecule has 1 aliphatic rings. The maximum Gasteiger partial charge on any atom is 0.279 e. The Morgan fingerprint density at radius 1 is 1.00 bits per heavy atom. The minimum atomic E-state index is -0.484. The van der Waals surface area contributed by atoms with E-state index in [-0.39, 0.29) is 5.71 Å². The predicted molar refractivity (Wildman–Crippen MR) is 144 cm³/mol. The van der Waals surface area contributed by atoms with Gasteiger partial charge in [0, 0.05) is 48.0 Å². The first-order chi connectivity index (χ1) is 18.0. The Bertz CT molecular complexity index is 1400. The molecule has 10 heteroatoms. The van der Waals surface area contributed by atoms with Gasteiger partial charge in [0.1, 0.15) is 0 Å². The molecule has 1 aliphatic heterocycles. The van der Waals surface area contributed by atoms with Gasteiger partial charge in [-0.2, -0.15) is 0 Å². The van der Waals surface area contributed by atoms with Crippen molar-refractivity contribution in [3.05, 3.63) is 88.6 Å². The molecule has 0 atom stereocenters. The molecule has 0 aliphatic carbocycles. The lowest BCUT2D eigenvalue weighted by Gasteiger charge is -2.36. The average Bonchev–Trinajstić information content (AvgIpc) is 3.31. The van der Waals surface area contributed by atoms with Crippen molar-refractivity contribution >= 4 is 40.3 Å². The number of nitrogens with one attached hydrogen (secondary N) is 1. The van der Waals surface area contributed by atoms with Gasteiger partial charge in [-0.25, -0.2) is 14.4 Å². The molecule has 1 fully saturated rings. The molecular formula is C27H25FN6O2S. The van der Waals surface area contributed by atoms with Gasteiger partial charge in [0.05, 0.1) is 17.3 Å². The van der Waals surface area contributed by atoms with Crippen LogP contribution >= 0.6 is 11.3 Å². The van der Waals surface area contributed by atoms with Crippen molar-refractivity contribution in [2.24, 2.45) is 5.16 Å². The molecule has 0 bridgehead atoms. The third-order valence-electron chi connectivity index (χ3n) is 6.13. The predicted octanol–water partition coefficient (Wildman–Crippen LogP) is 4.80. The summed E-state index contributed by atoms with van der Waals surface area (Å²) in [5, 5.41) is 15.9. The minimum Gasteiger partial charge on any atom is -0.410 e. The molecule has 8 nitrogen and oxygen atoms in total. The van der Waals surface area contributed by atoms with Gasteiger partial charge in [-0.05, 0) is 42.8 Å². The van der Waals surface area contributed by atoms with Crippen molar-refractivity contribution < 1.29 is 14.4 Å². The van der Waals surface area contributed by atoms with Crippen LogP contribution in [0, 0.1) is 12.7 Å². The molecular weight excluding hydrogens is 491 g/mol. The van der Waals surface area contributed by atoms with Crippen molar-refractivity contribution in [2.75, 3.05) is 41.3 Å². The number of anilines is 3. The Balaban J connectivity index is 1.24. The zero-order valence-corrected chi connectivity index (χ0v) is 21.0. The Labute approximate surface area is 217 Å². The number of aryl methyl sites for hydroxylation is 1. The number of amides is 1. The van der Waals surface area contributed by atoms with Crippen molar-refractivity contribution in [1.29, 1.82) is 0 Å². The van der Waals surface area contributed by atoms with Gasteiger partial charge in [-0.3, -0.25) is 4.79 Å². The molecule has 2 aromatic carbocycles. The van der Waals surface area contributed by atoms with Gasteiger partial charge in [0.15, 0.2) is 11.5 Å². The molecule has 2 N–H and O–H groups in total. The van der Waals surface area contributed by atoms with Crippen molar-refractivity contribution in [1.82, 2.24) is 9.97 Å². The summed E-state index contributed by atoms with van der Waals surface area (Å²) in [6.45, 7) is 4.90. The Kier molecular flexibility index (Phi) is 7.09. The number of nitrogens with zero attached hydrogens (tertiary/aromatic N) is 5. The number of halogens is 1. The summed E-state index contributed by atoms with van der Waals surface area (Å²) in [5.41, 5.74) is 3.40. The Morgan fingerprint density at radius 2 is 1.65 bits per heavy atom. The molecule has 0 radical (unpaired) electrons. The van der Waals surface area contributed by atoms with E-state index >= 15 is 0 Å². The van der Waals surface area contributed by atoms with Crippen molar-refractivity contribution in [3.8, 4) is 11.1 Å². The molecule has 0 spiro atoms. The number of thiophene rings is 1. The first kappa shape index (κ1) is 24.4. The number of hydrogen-bond donors (Lipinski definition) is 2. The van der Waals surface area contributed by atoms with E-state index in [4.69, 9.17) is 0 Å². The van der Waals surface area contributed by atoms with Crippen LogP contribution in [0.5, 0.6) is 0 Å². The topological polar surface area (TPSA) is 94.0 Å². The van der Waals surface area contributed by atoms with Gasteiger partial charge in [0.25, 0.3) is 5.91 Å². The van der Waals surface area contributed by atoms with E-state index in [1.165, 1.54) is 23.7 Å². The van der Waals surface area contributed by atoms with Crippen LogP contribution in [0.3, 0.4) is 0 Å². The largest absolute Gasteiger partial charge is 0.410 e. The second-order valence-corrected chi connectivity index (χ2v) is 9.85. The van der Waals surface area contributed by atoms with Crippen molar-refractivity contribution in [2.45, 2.75) is 6.92 Å². The Hall–Kier alpha value is -4.31. The fraction of sp³-hybridized carbons (Fsp3) is 0.185. The number of hydrogen-bond acceptors (Lipinski definition) is 8. The quantitative estimate of drug-likeness (QED) is 0.217. The lowest BCUT2D eigenvalue weighted by Crippen LogP contribution is -2.47. The second-order valence-electron chi connectivity index (χ2n) is 8.59. The molecule has 1 saturated heterocycles. The van der Waals surface area contributed by atoms with Crippen molar-refractivity contribution in [3.63, 3.8) is 0 Å². The summed E-state index contributed by atoms with van der Waals surface area (Å²) in [7, 11) is 0. The van der Waals surface area contributed by atoms with E-state index in [2.05, 4.69) is 25.3 Å². The maximum atomic E-state index is 13.1. The van der Waals surface area contributed by atoms with E-state index in [1.54, 1.807) is 0 Å². The summed E-state index contributed by atoms with van der Waals surface area (Å²) >= 11 is 1.41. The smallest absolute Gasteiger partial charge is 0.279 e. The van der Waals surface area contributed by atoms with E-state index < -0.39 is 11.7 Å². The highest BCUT2D eigenvalue weighted by atomic mass is 32.1. The molecule has 188 valence electrons. The van der Waals surface area contributed by atoms with Gasteiger partial charge in [-0.1, -0.05) is 35.5 Å². The third kappa shape index (κ3) is 5.44. The number of piperazine rings is 1. The summed E-state index contributed by atoms with van der Waals surface area (Å²) < 4.78 is 13.1. The second kappa shape index (κ2) is 10.8.